The van der Waals surface area contributed by atoms with Crippen molar-refractivity contribution < 1.29 is 9.59 Å². The predicted molar refractivity (Wildman–Crippen MR) is 110 cm³/mol. The zero-order valence-corrected chi connectivity index (χ0v) is 16.8. The Labute approximate surface area is 164 Å². The number of benzene rings is 1. The maximum Gasteiger partial charge on any atom is 0.240 e. The lowest BCUT2D eigenvalue weighted by Gasteiger charge is -2.20. The van der Waals surface area contributed by atoms with Gasteiger partial charge in [0.2, 0.25) is 11.8 Å². The number of para-hydroxylation sites is 2. The van der Waals surface area contributed by atoms with Gasteiger partial charge < -0.3 is 14.8 Å². The fraction of sp³-hybridized carbons (Fsp3) is 0.550. The molecular formula is C20H28N4O2S. The van der Waals surface area contributed by atoms with Crippen LogP contribution >= 0.6 is 11.8 Å². The number of carbonyl (C=O) groups excluding carboxylic acids is 2. The van der Waals surface area contributed by atoms with E-state index in [1.165, 1.54) is 0 Å². The van der Waals surface area contributed by atoms with Crippen LogP contribution < -0.4 is 5.32 Å². The summed E-state index contributed by atoms with van der Waals surface area (Å²) in [6.45, 7) is 2.45. The summed E-state index contributed by atoms with van der Waals surface area (Å²) in [4.78, 5) is 31.0. The molecule has 0 atom stereocenters. The van der Waals surface area contributed by atoms with Crippen molar-refractivity contribution in [2.24, 2.45) is 0 Å². The van der Waals surface area contributed by atoms with Crippen LogP contribution in [0.2, 0.25) is 0 Å². The molecule has 1 aliphatic rings. The van der Waals surface area contributed by atoms with Gasteiger partial charge in [0.1, 0.15) is 12.4 Å². The lowest BCUT2D eigenvalue weighted by Crippen LogP contribution is -2.34. The number of hydrogen-bond donors (Lipinski definition) is 1. The first-order valence-electron chi connectivity index (χ1n) is 9.66. The largest absolute Gasteiger partial charge is 0.354 e. The quantitative estimate of drug-likeness (QED) is 0.706. The molecule has 7 heteroatoms. The number of rotatable bonds is 8. The second-order valence-corrected chi connectivity index (χ2v) is 7.80. The second-order valence-electron chi connectivity index (χ2n) is 6.93. The summed E-state index contributed by atoms with van der Waals surface area (Å²) in [6, 6.07) is 7.92. The first-order valence-corrected chi connectivity index (χ1v) is 11.1. The lowest BCUT2D eigenvalue weighted by atomic mass is 10.2. The summed E-state index contributed by atoms with van der Waals surface area (Å²) in [6.07, 6.45) is 6.72. The van der Waals surface area contributed by atoms with Gasteiger partial charge in [0.05, 0.1) is 16.8 Å². The SMILES string of the molecule is CSCc1nc2ccccc2n1CC(=O)NCCCN1CCCCCC1=O. The number of aromatic nitrogens is 2. The molecule has 0 aliphatic carbocycles. The molecule has 1 aromatic heterocycles. The molecular weight excluding hydrogens is 360 g/mol. The van der Waals surface area contributed by atoms with E-state index in [9.17, 15) is 9.59 Å². The number of thioether (sulfide) groups is 1. The smallest absolute Gasteiger partial charge is 0.240 e. The van der Waals surface area contributed by atoms with E-state index in [2.05, 4.69) is 10.3 Å². The summed E-state index contributed by atoms with van der Waals surface area (Å²) >= 11 is 1.70. The van der Waals surface area contributed by atoms with Crippen molar-refractivity contribution in [3.05, 3.63) is 30.1 Å². The minimum Gasteiger partial charge on any atom is -0.354 e. The number of nitrogens with zero attached hydrogens (tertiary/aromatic N) is 3. The van der Waals surface area contributed by atoms with Crippen LogP contribution in [0, 0.1) is 0 Å². The Morgan fingerprint density at radius 1 is 1.26 bits per heavy atom. The van der Waals surface area contributed by atoms with Crippen molar-refractivity contribution in [1.29, 1.82) is 0 Å². The minimum atomic E-state index is -0.0114. The molecule has 1 aromatic carbocycles. The number of amides is 2. The van der Waals surface area contributed by atoms with E-state index in [1.807, 2.05) is 40.0 Å². The Kier molecular flexibility index (Phi) is 7.15. The predicted octanol–water partition coefficient (Wildman–Crippen LogP) is 2.81. The molecule has 1 aliphatic heterocycles. The molecule has 0 spiro atoms. The molecule has 27 heavy (non-hydrogen) atoms. The topological polar surface area (TPSA) is 67.2 Å². The molecule has 1 fully saturated rings. The zero-order valence-electron chi connectivity index (χ0n) is 15.9. The average Bonchev–Trinajstić information content (AvgIpc) is 2.86. The highest BCUT2D eigenvalue weighted by molar-refractivity contribution is 7.97. The fourth-order valence-electron chi connectivity index (χ4n) is 3.51. The molecule has 146 valence electrons. The third kappa shape index (κ3) is 5.25. The lowest BCUT2D eigenvalue weighted by molar-refractivity contribution is -0.130. The van der Waals surface area contributed by atoms with Gasteiger partial charge in [-0.05, 0) is 37.7 Å². The third-order valence-corrected chi connectivity index (χ3v) is 5.45. The van der Waals surface area contributed by atoms with Gasteiger partial charge in [0, 0.05) is 26.1 Å². The number of likely N-dealkylation sites (tertiary alicyclic amines) is 1. The molecule has 1 N–H and O–H groups in total. The molecule has 0 saturated carbocycles. The molecule has 0 unspecified atom stereocenters. The second kappa shape index (κ2) is 9.78. The summed E-state index contributed by atoms with van der Waals surface area (Å²) in [5, 5.41) is 2.99. The Bertz CT molecular complexity index is 789. The van der Waals surface area contributed by atoms with Crippen LogP contribution in [0.5, 0.6) is 0 Å². The Morgan fingerprint density at radius 2 is 2.11 bits per heavy atom. The van der Waals surface area contributed by atoms with Crippen LogP contribution in [0.25, 0.3) is 11.0 Å². The van der Waals surface area contributed by atoms with Gasteiger partial charge in [0.15, 0.2) is 0 Å². The maximum atomic E-state index is 12.4. The number of fused-ring (bicyclic) bond motifs is 1. The Morgan fingerprint density at radius 3 is 2.96 bits per heavy atom. The van der Waals surface area contributed by atoms with E-state index in [1.54, 1.807) is 11.8 Å². The Balaban J connectivity index is 1.51. The van der Waals surface area contributed by atoms with Gasteiger partial charge in [-0.15, -0.1) is 0 Å². The molecule has 2 amide bonds. The van der Waals surface area contributed by atoms with Crippen LogP contribution in [-0.2, 0) is 21.9 Å². The van der Waals surface area contributed by atoms with Gasteiger partial charge in [-0.1, -0.05) is 18.6 Å². The highest BCUT2D eigenvalue weighted by atomic mass is 32.2. The van der Waals surface area contributed by atoms with Gasteiger partial charge in [0.25, 0.3) is 0 Å². The first kappa shape index (κ1) is 19.7. The van der Waals surface area contributed by atoms with E-state index >= 15 is 0 Å². The monoisotopic (exact) mass is 388 g/mol. The molecule has 0 radical (unpaired) electrons. The number of imidazole rings is 1. The summed E-state index contributed by atoms with van der Waals surface area (Å²) in [7, 11) is 0. The Hall–Kier alpha value is -2.02. The third-order valence-electron chi connectivity index (χ3n) is 4.91. The van der Waals surface area contributed by atoms with Crippen LogP contribution in [0.3, 0.4) is 0 Å². The standard InChI is InChI=1S/C20H28N4O2S/c1-27-15-18-22-16-8-4-5-9-17(16)24(18)14-19(25)21-11-7-13-23-12-6-2-3-10-20(23)26/h4-5,8-9H,2-3,6-7,10-15H2,1H3,(H,21,25). The molecule has 0 bridgehead atoms. The molecule has 3 rings (SSSR count). The van der Waals surface area contributed by atoms with E-state index in [4.69, 9.17) is 0 Å². The summed E-state index contributed by atoms with van der Waals surface area (Å²) in [5.74, 6) is 1.95. The molecule has 6 nitrogen and oxygen atoms in total. The summed E-state index contributed by atoms with van der Waals surface area (Å²) in [5.41, 5.74) is 1.92. The van der Waals surface area contributed by atoms with Crippen LogP contribution in [0.4, 0.5) is 0 Å². The van der Waals surface area contributed by atoms with Crippen molar-refractivity contribution in [3.8, 4) is 0 Å². The normalized spacial score (nSPS) is 15.1. The van der Waals surface area contributed by atoms with Crippen LogP contribution in [0.1, 0.15) is 37.9 Å². The van der Waals surface area contributed by atoms with Crippen molar-refractivity contribution in [2.75, 3.05) is 25.9 Å². The highest BCUT2D eigenvalue weighted by Crippen LogP contribution is 2.18. The van der Waals surface area contributed by atoms with E-state index < -0.39 is 0 Å². The zero-order chi connectivity index (χ0) is 19.1. The molecule has 1 saturated heterocycles. The molecule has 2 heterocycles. The number of hydrogen-bond acceptors (Lipinski definition) is 4. The van der Waals surface area contributed by atoms with Crippen molar-refractivity contribution in [1.82, 2.24) is 19.8 Å². The van der Waals surface area contributed by atoms with Crippen LogP contribution in [-0.4, -0.2) is 52.2 Å². The van der Waals surface area contributed by atoms with Crippen molar-refractivity contribution >= 4 is 34.6 Å². The van der Waals surface area contributed by atoms with E-state index in [0.29, 0.717) is 13.0 Å². The number of carbonyl (C=O) groups is 2. The van der Waals surface area contributed by atoms with Crippen molar-refractivity contribution in [3.63, 3.8) is 0 Å². The van der Waals surface area contributed by atoms with E-state index in [0.717, 1.165) is 61.4 Å². The first-order chi connectivity index (χ1) is 13.2. The van der Waals surface area contributed by atoms with Crippen LogP contribution in [0.15, 0.2) is 24.3 Å². The fourth-order valence-corrected chi connectivity index (χ4v) is 3.99. The minimum absolute atomic E-state index is 0.0114. The van der Waals surface area contributed by atoms with Gasteiger partial charge >= 0.3 is 0 Å². The molecule has 2 aromatic rings. The maximum absolute atomic E-state index is 12.4. The van der Waals surface area contributed by atoms with Gasteiger partial charge in [-0.2, -0.15) is 11.8 Å². The van der Waals surface area contributed by atoms with E-state index in [-0.39, 0.29) is 18.4 Å². The average molecular weight is 389 g/mol. The summed E-state index contributed by atoms with van der Waals surface area (Å²) < 4.78 is 2.00. The van der Waals surface area contributed by atoms with Gasteiger partial charge in [-0.3, -0.25) is 9.59 Å². The number of nitrogens with one attached hydrogen (secondary N) is 1. The highest BCUT2D eigenvalue weighted by Gasteiger charge is 2.16. The van der Waals surface area contributed by atoms with Gasteiger partial charge in [-0.25, -0.2) is 4.98 Å². The van der Waals surface area contributed by atoms with Crippen molar-refractivity contribution in [2.45, 2.75) is 44.4 Å².